The number of rotatable bonds is 7. The van der Waals surface area contributed by atoms with Crippen LogP contribution < -0.4 is 10.2 Å². The molecule has 4 rings (SSSR count). The molecule has 33 heavy (non-hydrogen) atoms. The average Bonchev–Trinajstić information content (AvgIpc) is 3.20. The number of imide groups is 1. The number of hydrogen-bond donors (Lipinski definition) is 1. The van der Waals surface area contributed by atoms with Gasteiger partial charge in [0, 0.05) is 55.9 Å². The molecule has 0 unspecified atom stereocenters. The summed E-state index contributed by atoms with van der Waals surface area (Å²) in [7, 11) is 0. The van der Waals surface area contributed by atoms with Crippen molar-refractivity contribution in [1.82, 2.24) is 15.2 Å². The molecule has 1 aromatic carbocycles. The number of anilines is 1. The van der Waals surface area contributed by atoms with Crippen molar-refractivity contribution in [3.05, 3.63) is 51.0 Å². The van der Waals surface area contributed by atoms with Crippen LogP contribution in [0.25, 0.3) is 0 Å². The van der Waals surface area contributed by atoms with Gasteiger partial charge in [0.15, 0.2) is 10.2 Å². The maximum atomic E-state index is 13.1. The third-order valence-corrected chi connectivity index (χ3v) is 7.08. The number of nitrogens with zero attached hydrogens (tertiary/aromatic N) is 4. The maximum Gasteiger partial charge on any atom is 0.417 e. The number of nitro benzene ring substituents is 1. The largest absolute Gasteiger partial charge is 0.444 e. The Labute approximate surface area is 197 Å². The monoisotopic (exact) mass is 491 g/mol. The molecule has 1 aromatic heterocycles. The van der Waals surface area contributed by atoms with Crippen molar-refractivity contribution in [3.63, 3.8) is 0 Å². The molecule has 2 fully saturated rings. The zero-order valence-corrected chi connectivity index (χ0v) is 19.3. The summed E-state index contributed by atoms with van der Waals surface area (Å²) in [6, 6.07) is 5.31. The van der Waals surface area contributed by atoms with Gasteiger partial charge in [-0.05, 0) is 17.7 Å². The number of carbonyl (C=O) groups is 3. The van der Waals surface area contributed by atoms with Crippen LogP contribution in [0.1, 0.15) is 23.0 Å². The van der Waals surface area contributed by atoms with E-state index in [1.54, 1.807) is 5.38 Å². The quantitative estimate of drug-likeness (QED) is 0.454. The zero-order chi connectivity index (χ0) is 23.5. The predicted octanol–water partition coefficient (Wildman–Crippen LogP) is 2.27. The molecule has 2 amide bonds. The second-order valence-corrected chi connectivity index (χ2v) is 9.93. The second kappa shape index (κ2) is 9.85. The first-order chi connectivity index (χ1) is 15.8. The van der Waals surface area contributed by atoms with Crippen molar-refractivity contribution in [2.24, 2.45) is 0 Å². The van der Waals surface area contributed by atoms with Crippen LogP contribution in [0.2, 0.25) is 0 Å². The number of aromatic nitrogens is 1. The normalized spacial score (nSPS) is 16.0. The average molecular weight is 492 g/mol. The van der Waals surface area contributed by atoms with Gasteiger partial charge in [-0.1, -0.05) is 11.8 Å². The Hall–Kier alpha value is -3.03. The number of amides is 2. The molecular weight excluding hydrogens is 470 g/mol. The molecule has 174 valence electrons. The summed E-state index contributed by atoms with van der Waals surface area (Å²) in [6.07, 6.45) is -0.790. The van der Waals surface area contributed by atoms with Crippen molar-refractivity contribution < 1.29 is 24.0 Å². The van der Waals surface area contributed by atoms with Gasteiger partial charge in [0.1, 0.15) is 12.3 Å². The fourth-order valence-electron chi connectivity index (χ4n) is 3.32. The second-order valence-electron chi connectivity index (χ2n) is 7.62. The van der Waals surface area contributed by atoms with Gasteiger partial charge < -0.3 is 15.0 Å². The van der Waals surface area contributed by atoms with Crippen LogP contribution in [0.4, 0.5) is 15.6 Å². The lowest BCUT2D eigenvalue weighted by molar-refractivity contribution is -0.384. The number of hydrogen-bond acceptors (Lipinski definition) is 11. The summed E-state index contributed by atoms with van der Waals surface area (Å²) in [5.74, 6) is -0.534. The van der Waals surface area contributed by atoms with E-state index in [9.17, 15) is 24.5 Å². The number of ether oxygens (including phenoxy) is 1. The first-order valence-corrected chi connectivity index (χ1v) is 11.9. The van der Waals surface area contributed by atoms with E-state index in [1.807, 2.05) is 4.90 Å². The Morgan fingerprint density at radius 1 is 1.30 bits per heavy atom. The molecule has 2 aromatic rings. The summed E-state index contributed by atoms with van der Waals surface area (Å²) in [6.45, 7) is 3.71. The number of carbonyl (C=O) groups excluding carboxylic acids is 3. The minimum atomic E-state index is -0.790. The summed E-state index contributed by atoms with van der Waals surface area (Å²) in [5.41, 5.74) is 0.673. The third-order valence-electron chi connectivity index (χ3n) is 5.21. The van der Waals surface area contributed by atoms with Crippen molar-refractivity contribution in [1.29, 1.82) is 0 Å². The molecule has 11 nitrogen and oxygen atoms in total. The maximum absolute atomic E-state index is 13.1. The first-order valence-electron chi connectivity index (χ1n) is 10.1. The van der Waals surface area contributed by atoms with Gasteiger partial charge in [-0.25, -0.2) is 14.7 Å². The standard InChI is InChI=1S/C20H21N5O6S2/c1-12(26)33-16-8-23(9-16)19-22-17(11-32-19)18(27)24(15-6-21-7-15)20(28)31-10-13-2-4-14(5-3-13)25(29)30/h2-5,11,15-16,21H,6-10H2,1H3. The van der Waals surface area contributed by atoms with Gasteiger partial charge in [0.2, 0.25) is 0 Å². The summed E-state index contributed by atoms with van der Waals surface area (Å²) >= 11 is 2.61. The Morgan fingerprint density at radius 3 is 2.58 bits per heavy atom. The van der Waals surface area contributed by atoms with Crippen LogP contribution in [-0.4, -0.2) is 69.4 Å². The van der Waals surface area contributed by atoms with Crippen LogP contribution in [0.3, 0.4) is 0 Å². The molecule has 2 aliphatic rings. The molecule has 3 heterocycles. The van der Waals surface area contributed by atoms with Crippen LogP contribution >= 0.6 is 23.1 Å². The van der Waals surface area contributed by atoms with Crippen molar-refractivity contribution in [3.8, 4) is 0 Å². The summed E-state index contributed by atoms with van der Waals surface area (Å²) in [5, 5.41) is 16.4. The SMILES string of the molecule is CC(=O)SC1CN(c2nc(C(=O)N(C(=O)OCc3ccc([N+](=O)[O-])cc3)C3CNC3)cs2)C1. The highest BCUT2D eigenvalue weighted by molar-refractivity contribution is 8.14. The van der Waals surface area contributed by atoms with Crippen molar-refractivity contribution >= 4 is 51.0 Å². The van der Waals surface area contributed by atoms with Gasteiger partial charge in [0.25, 0.3) is 11.6 Å². The summed E-state index contributed by atoms with van der Waals surface area (Å²) in [4.78, 5) is 54.8. The molecule has 0 spiro atoms. The van der Waals surface area contributed by atoms with Crippen LogP contribution in [0.15, 0.2) is 29.6 Å². The zero-order valence-electron chi connectivity index (χ0n) is 17.6. The van der Waals surface area contributed by atoms with E-state index in [4.69, 9.17) is 4.74 Å². The highest BCUT2D eigenvalue weighted by Crippen LogP contribution is 2.31. The lowest BCUT2D eigenvalue weighted by Gasteiger charge is -2.38. The van der Waals surface area contributed by atoms with Gasteiger partial charge in [-0.15, -0.1) is 11.3 Å². The Morgan fingerprint density at radius 2 is 2.00 bits per heavy atom. The number of nitro groups is 1. The number of benzene rings is 1. The minimum absolute atomic E-state index is 0.0600. The lowest BCUT2D eigenvalue weighted by Crippen LogP contribution is -2.60. The smallest absolute Gasteiger partial charge is 0.417 e. The van der Waals surface area contributed by atoms with Crippen LogP contribution in [-0.2, 0) is 16.1 Å². The lowest BCUT2D eigenvalue weighted by atomic mass is 10.1. The first kappa shape index (κ1) is 23.1. The van der Waals surface area contributed by atoms with E-state index in [1.165, 1.54) is 54.3 Å². The predicted molar refractivity (Wildman–Crippen MR) is 122 cm³/mol. The van der Waals surface area contributed by atoms with E-state index in [0.717, 1.165) is 4.90 Å². The molecule has 0 bridgehead atoms. The van der Waals surface area contributed by atoms with E-state index in [2.05, 4.69) is 10.3 Å². The number of thioether (sulfide) groups is 1. The fourth-order valence-corrected chi connectivity index (χ4v) is 5.12. The van der Waals surface area contributed by atoms with Crippen LogP contribution in [0, 0.1) is 10.1 Å². The highest BCUT2D eigenvalue weighted by Gasteiger charge is 2.37. The molecule has 13 heteroatoms. The van der Waals surface area contributed by atoms with Crippen molar-refractivity contribution in [2.75, 3.05) is 31.1 Å². The Bertz CT molecular complexity index is 1070. The molecule has 2 aliphatic heterocycles. The number of thiazole rings is 1. The van der Waals surface area contributed by atoms with Gasteiger partial charge in [-0.2, -0.15) is 0 Å². The van der Waals surface area contributed by atoms with Gasteiger partial charge >= 0.3 is 6.09 Å². The Kier molecular flexibility index (Phi) is 6.91. The van der Waals surface area contributed by atoms with Gasteiger partial charge in [0.05, 0.1) is 11.0 Å². The van der Waals surface area contributed by atoms with E-state index >= 15 is 0 Å². The Balaban J connectivity index is 1.38. The van der Waals surface area contributed by atoms with E-state index in [0.29, 0.717) is 36.9 Å². The molecule has 2 saturated heterocycles. The van der Waals surface area contributed by atoms with E-state index in [-0.39, 0.29) is 34.4 Å². The molecule has 0 radical (unpaired) electrons. The minimum Gasteiger partial charge on any atom is -0.444 e. The highest BCUT2D eigenvalue weighted by atomic mass is 32.2. The number of nitrogens with one attached hydrogen (secondary N) is 1. The third kappa shape index (κ3) is 5.31. The molecular formula is C20H21N5O6S2. The fraction of sp³-hybridized carbons (Fsp3) is 0.400. The molecule has 0 saturated carbocycles. The summed E-state index contributed by atoms with van der Waals surface area (Å²) < 4.78 is 5.33. The topological polar surface area (TPSA) is 135 Å². The van der Waals surface area contributed by atoms with Crippen LogP contribution in [0.5, 0.6) is 0 Å². The molecule has 0 aliphatic carbocycles. The van der Waals surface area contributed by atoms with E-state index < -0.39 is 16.9 Å². The molecule has 0 atom stereocenters. The van der Waals surface area contributed by atoms with Gasteiger partial charge in [-0.3, -0.25) is 19.7 Å². The number of non-ortho nitro benzene ring substituents is 1. The van der Waals surface area contributed by atoms with Crippen molar-refractivity contribution in [2.45, 2.75) is 24.8 Å². The molecule has 1 N–H and O–H groups in total.